The molecule has 2 N–H and O–H groups in total. The Morgan fingerprint density at radius 3 is 2.38 bits per heavy atom. The molecule has 0 radical (unpaired) electrons. The SMILES string of the molecule is CSC(C[C@H](NC(=O)OCc1ccccc1)C(=O)O)SC. The van der Waals surface area contributed by atoms with E-state index < -0.39 is 18.1 Å². The lowest BCUT2D eigenvalue weighted by atomic mass is 10.2. The normalized spacial score (nSPS) is 12.0. The molecule has 116 valence electrons. The Morgan fingerprint density at radius 2 is 1.86 bits per heavy atom. The maximum Gasteiger partial charge on any atom is 0.408 e. The van der Waals surface area contributed by atoms with Gasteiger partial charge in [0.2, 0.25) is 0 Å². The average molecular weight is 329 g/mol. The van der Waals surface area contributed by atoms with Crippen LogP contribution in [0.4, 0.5) is 4.79 Å². The van der Waals surface area contributed by atoms with E-state index in [4.69, 9.17) is 9.84 Å². The second-order valence-electron chi connectivity index (χ2n) is 4.23. The molecular weight excluding hydrogens is 310 g/mol. The van der Waals surface area contributed by atoms with E-state index in [0.29, 0.717) is 6.42 Å². The number of aliphatic carboxylic acids is 1. The van der Waals surface area contributed by atoms with Crippen molar-refractivity contribution in [1.29, 1.82) is 0 Å². The number of carbonyl (C=O) groups is 2. The van der Waals surface area contributed by atoms with Gasteiger partial charge in [-0.25, -0.2) is 9.59 Å². The van der Waals surface area contributed by atoms with E-state index in [2.05, 4.69) is 5.32 Å². The largest absolute Gasteiger partial charge is 0.480 e. The molecule has 7 heteroatoms. The minimum atomic E-state index is -1.06. The molecule has 1 atom stereocenters. The fraction of sp³-hybridized carbons (Fsp3) is 0.429. The van der Waals surface area contributed by atoms with Crippen LogP contribution in [0, 0.1) is 0 Å². The van der Waals surface area contributed by atoms with E-state index in [1.54, 1.807) is 23.5 Å². The van der Waals surface area contributed by atoms with E-state index in [1.165, 1.54) is 0 Å². The second kappa shape index (κ2) is 9.57. The maximum absolute atomic E-state index is 11.7. The number of carboxylic acids is 1. The minimum Gasteiger partial charge on any atom is -0.480 e. The van der Waals surface area contributed by atoms with Crippen molar-refractivity contribution in [3.8, 4) is 0 Å². The third kappa shape index (κ3) is 6.77. The van der Waals surface area contributed by atoms with Crippen LogP contribution in [0.15, 0.2) is 30.3 Å². The fourth-order valence-electron chi connectivity index (χ4n) is 1.61. The third-order valence-corrected chi connectivity index (χ3v) is 5.35. The summed E-state index contributed by atoms with van der Waals surface area (Å²) in [4.78, 5) is 22.9. The molecule has 0 aromatic heterocycles. The van der Waals surface area contributed by atoms with E-state index in [9.17, 15) is 9.59 Å². The fourth-order valence-corrected chi connectivity index (χ4v) is 3.15. The van der Waals surface area contributed by atoms with Gasteiger partial charge in [-0.1, -0.05) is 30.3 Å². The zero-order valence-electron chi connectivity index (χ0n) is 11.9. The lowest BCUT2D eigenvalue weighted by molar-refractivity contribution is -0.139. The number of benzene rings is 1. The van der Waals surface area contributed by atoms with Gasteiger partial charge in [0.25, 0.3) is 0 Å². The first-order valence-corrected chi connectivity index (χ1v) is 8.90. The van der Waals surface area contributed by atoms with Gasteiger partial charge in [-0.15, -0.1) is 0 Å². The van der Waals surface area contributed by atoms with Gasteiger partial charge in [-0.2, -0.15) is 23.5 Å². The summed E-state index contributed by atoms with van der Waals surface area (Å²) in [5, 5.41) is 11.6. The Morgan fingerprint density at radius 1 is 1.24 bits per heavy atom. The number of nitrogens with one attached hydrogen (secondary N) is 1. The quantitative estimate of drug-likeness (QED) is 0.714. The molecule has 0 saturated carbocycles. The van der Waals surface area contributed by atoms with Crippen molar-refractivity contribution >= 4 is 35.6 Å². The van der Waals surface area contributed by atoms with Gasteiger partial charge in [-0.3, -0.25) is 0 Å². The summed E-state index contributed by atoms with van der Waals surface area (Å²) < 4.78 is 5.14. The molecule has 0 aliphatic carbocycles. The number of hydrogen-bond donors (Lipinski definition) is 2. The first-order valence-electron chi connectivity index (χ1n) is 6.32. The monoisotopic (exact) mass is 329 g/mol. The molecule has 1 aromatic carbocycles. The molecule has 0 aliphatic heterocycles. The number of ether oxygens (including phenoxy) is 1. The van der Waals surface area contributed by atoms with Crippen LogP contribution in [0.3, 0.4) is 0 Å². The smallest absolute Gasteiger partial charge is 0.408 e. The van der Waals surface area contributed by atoms with Crippen molar-refractivity contribution in [2.45, 2.75) is 23.7 Å². The van der Waals surface area contributed by atoms with Gasteiger partial charge < -0.3 is 15.2 Å². The van der Waals surface area contributed by atoms with E-state index in [0.717, 1.165) is 5.56 Å². The van der Waals surface area contributed by atoms with Crippen LogP contribution in [0.25, 0.3) is 0 Å². The number of carboxylic acid groups (broad SMARTS) is 1. The molecule has 1 aromatic rings. The van der Waals surface area contributed by atoms with Crippen molar-refractivity contribution < 1.29 is 19.4 Å². The Labute approximate surface area is 132 Å². The van der Waals surface area contributed by atoms with Gasteiger partial charge in [0.15, 0.2) is 0 Å². The first-order chi connectivity index (χ1) is 10.1. The predicted octanol–water partition coefficient (Wildman–Crippen LogP) is 2.81. The lowest BCUT2D eigenvalue weighted by Gasteiger charge is -2.18. The number of amides is 1. The molecule has 1 amide bonds. The molecule has 0 aliphatic rings. The Hall–Kier alpha value is -1.34. The molecule has 0 heterocycles. The third-order valence-electron chi connectivity index (χ3n) is 2.76. The topological polar surface area (TPSA) is 75.6 Å². The van der Waals surface area contributed by atoms with E-state index >= 15 is 0 Å². The number of alkyl carbamates (subject to hydrolysis) is 1. The molecule has 21 heavy (non-hydrogen) atoms. The second-order valence-corrected chi connectivity index (χ2v) is 6.61. The Kier molecular flexibility index (Phi) is 8.07. The van der Waals surface area contributed by atoms with Gasteiger partial charge >= 0.3 is 12.1 Å². The Balaban J connectivity index is 2.47. The number of thioether (sulfide) groups is 2. The highest BCUT2D eigenvalue weighted by atomic mass is 32.2. The van der Waals surface area contributed by atoms with E-state index in [-0.39, 0.29) is 11.2 Å². The summed E-state index contributed by atoms with van der Waals surface area (Å²) in [6.45, 7) is 0.119. The van der Waals surface area contributed by atoms with Crippen molar-refractivity contribution in [2.24, 2.45) is 0 Å². The highest BCUT2D eigenvalue weighted by Crippen LogP contribution is 2.23. The zero-order chi connectivity index (χ0) is 15.7. The maximum atomic E-state index is 11.7. The average Bonchev–Trinajstić information content (AvgIpc) is 2.50. The zero-order valence-corrected chi connectivity index (χ0v) is 13.6. The summed E-state index contributed by atoms with van der Waals surface area (Å²) >= 11 is 3.12. The molecule has 5 nitrogen and oxygen atoms in total. The number of carbonyl (C=O) groups excluding carboxylic acids is 1. The van der Waals surface area contributed by atoms with Crippen LogP contribution in [0.2, 0.25) is 0 Å². The summed E-state index contributed by atoms with van der Waals surface area (Å²) in [6.07, 6.45) is 3.45. The summed E-state index contributed by atoms with van der Waals surface area (Å²) in [6, 6.07) is 8.28. The molecular formula is C14H19NO4S2. The van der Waals surface area contributed by atoms with Gasteiger partial charge in [0.05, 0.1) is 4.58 Å². The van der Waals surface area contributed by atoms with Gasteiger partial charge in [-0.05, 0) is 24.5 Å². The molecule has 1 rings (SSSR count). The molecule has 0 fully saturated rings. The van der Waals surface area contributed by atoms with Crippen LogP contribution < -0.4 is 5.32 Å². The molecule has 0 spiro atoms. The number of hydrogen-bond acceptors (Lipinski definition) is 5. The summed E-state index contributed by atoms with van der Waals surface area (Å²) in [5.41, 5.74) is 0.852. The van der Waals surface area contributed by atoms with Crippen LogP contribution in [-0.2, 0) is 16.1 Å². The van der Waals surface area contributed by atoms with Crippen molar-refractivity contribution in [3.05, 3.63) is 35.9 Å². The highest BCUT2D eigenvalue weighted by Gasteiger charge is 2.24. The van der Waals surface area contributed by atoms with Crippen LogP contribution >= 0.6 is 23.5 Å². The Bertz CT molecular complexity index is 452. The minimum absolute atomic E-state index is 0.112. The van der Waals surface area contributed by atoms with Crippen LogP contribution in [0.1, 0.15) is 12.0 Å². The van der Waals surface area contributed by atoms with Crippen molar-refractivity contribution in [2.75, 3.05) is 12.5 Å². The summed E-state index contributed by atoms with van der Waals surface area (Å²) in [7, 11) is 0. The highest BCUT2D eigenvalue weighted by molar-refractivity contribution is 8.16. The molecule has 0 unspecified atom stereocenters. The molecule has 0 saturated heterocycles. The van der Waals surface area contributed by atoms with Gasteiger partial charge in [0.1, 0.15) is 12.6 Å². The van der Waals surface area contributed by atoms with Crippen molar-refractivity contribution in [1.82, 2.24) is 5.32 Å². The van der Waals surface area contributed by atoms with E-state index in [1.807, 2.05) is 42.8 Å². The summed E-state index contributed by atoms with van der Waals surface area (Å²) in [5.74, 6) is -1.06. The van der Waals surface area contributed by atoms with Crippen molar-refractivity contribution in [3.63, 3.8) is 0 Å². The first kappa shape index (κ1) is 17.7. The number of rotatable bonds is 8. The van der Waals surface area contributed by atoms with Gasteiger partial charge in [0, 0.05) is 0 Å². The lowest BCUT2D eigenvalue weighted by Crippen LogP contribution is -2.42. The van der Waals surface area contributed by atoms with Crippen LogP contribution in [0.5, 0.6) is 0 Å². The standard InChI is InChI=1S/C14H19NO4S2/c1-20-12(21-2)8-11(13(16)17)15-14(18)19-9-10-6-4-3-5-7-10/h3-7,11-12H,8-9H2,1-2H3,(H,15,18)(H,16,17)/t11-/m0/s1. The molecule has 0 bridgehead atoms. The van der Waals surface area contributed by atoms with Crippen LogP contribution in [-0.4, -0.2) is 40.3 Å². The predicted molar refractivity (Wildman–Crippen MR) is 86.6 cm³/mol.